The number of nitrogens with zero attached hydrogens (tertiary/aromatic N) is 1. The van der Waals surface area contributed by atoms with Gasteiger partial charge < -0.3 is 19.7 Å². The summed E-state index contributed by atoms with van der Waals surface area (Å²) in [6, 6.07) is 10.0. The number of carbonyl (C=O) groups is 1. The number of halogens is 5. The van der Waals surface area contributed by atoms with Crippen LogP contribution in [0.1, 0.15) is 22.1 Å². The van der Waals surface area contributed by atoms with Gasteiger partial charge in [0, 0.05) is 11.3 Å². The molecule has 0 saturated carbocycles. The molecule has 0 bridgehead atoms. The number of hydrogen-bond donors (Lipinski definition) is 1. The maximum absolute atomic E-state index is 13.1. The van der Waals surface area contributed by atoms with Crippen LogP contribution in [-0.4, -0.2) is 37.2 Å². The van der Waals surface area contributed by atoms with E-state index >= 15 is 0 Å². The third-order valence-corrected chi connectivity index (χ3v) is 4.10. The Hall–Kier alpha value is -3.04. The second-order valence-electron chi connectivity index (χ2n) is 5.90. The highest BCUT2D eigenvalue weighted by Gasteiger charge is 2.42. The maximum atomic E-state index is 13.1. The van der Waals surface area contributed by atoms with Gasteiger partial charge in [0.25, 0.3) is 5.91 Å². The molecule has 0 aliphatic carbocycles. The fourth-order valence-corrected chi connectivity index (χ4v) is 3.02. The minimum absolute atomic E-state index is 0.0437. The van der Waals surface area contributed by atoms with Crippen LogP contribution in [0.5, 0.6) is 11.5 Å². The molecule has 28 heavy (non-hydrogen) atoms. The molecule has 0 saturated heterocycles. The Morgan fingerprint density at radius 2 is 1.86 bits per heavy atom. The molecular formula is C18H15F5N2O3. The first-order valence-corrected chi connectivity index (χ1v) is 8.06. The average molecular weight is 402 g/mol. The number of ether oxygens (including phenoxy) is 2. The molecule has 2 aromatic rings. The average Bonchev–Trinajstić information content (AvgIpc) is 2.63. The molecule has 10 heteroatoms. The number of rotatable bonds is 5. The Morgan fingerprint density at radius 1 is 1.14 bits per heavy atom. The Morgan fingerprint density at radius 3 is 2.50 bits per heavy atom. The van der Waals surface area contributed by atoms with Crippen molar-refractivity contribution in [1.29, 1.82) is 0 Å². The molecule has 2 aromatic carbocycles. The lowest BCUT2D eigenvalue weighted by Crippen LogP contribution is -2.47. The van der Waals surface area contributed by atoms with E-state index in [9.17, 15) is 26.7 Å². The standard InChI is InChI=1S/C18H15F5N2O3/c1-27-13-8-4-6-11(14(13)28-17(19)20)15-24-12-7-3-2-5-10(12)16(26)25(15)9-18(21,22)23/h2-8,15,17,24H,9H2,1H3/t15-/m1/s1. The zero-order chi connectivity index (χ0) is 20.5. The number of alkyl halides is 5. The van der Waals surface area contributed by atoms with E-state index in [0.717, 1.165) is 0 Å². The highest BCUT2D eigenvalue weighted by Crippen LogP contribution is 2.42. The molecule has 150 valence electrons. The predicted octanol–water partition coefficient (Wildman–Crippen LogP) is 4.43. The minimum atomic E-state index is -4.70. The van der Waals surface area contributed by atoms with E-state index in [-0.39, 0.29) is 22.6 Å². The van der Waals surface area contributed by atoms with Gasteiger partial charge in [0.15, 0.2) is 11.5 Å². The van der Waals surface area contributed by atoms with Gasteiger partial charge in [0.2, 0.25) is 0 Å². The van der Waals surface area contributed by atoms with Gasteiger partial charge in [-0.05, 0) is 18.2 Å². The van der Waals surface area contributed by atoms with Gasteiger partial charge in [0.1, 0.15) is 12.7 Å². The third-order valence-electron chi connectivity index (χ3n) is 4.10. The van der Waals surface area contributed by atoms with Crippen LogP contribution in [-0.2, 0) is 0 Å². The lowest BCUT2D eigenvalue weighted by Gasteiger charge is -2.39. The second kappa shape index (κ2) is 7.53. The molecular weight excluding hydrogens is 387 g/mol. The van der Waals surface area contributed by atoms with Gasteiger partial charge in [-0.15, -0.1) is 0 Å². The van der Waals surface area contributed by atoms with E-state index in [1.807, 2.05) is 0 Å². The number of hydrogen-bond acceptors (Lipinski definition) is 4. The molecule has 3 rings (SSSR count). The SMILES string of the molecule is COc1cccc([C@@H]2Nc3ccccc3C(=O)N2CC(F)(F)F)c1OC(F)F. The van der Waals surface area contributed by atoms with Crippen molar-refractivity contribution in [2.75, 3.05) is 19.0 Å². The number of carbonyl (C=O) groups excluding carboxylic acids is 1. The molecule has 0 spiro atoms. The predicted molar refractivity (Wildman–Crippen MR) is 89.5 cm³/mol. The van der Waals surface area contributed by atoms with Crippen LogP contribution in [0.15, 0.2) is 42.5 Å². The smallest absolute Gasteiger partial charge is 0.406 e. The number of amides is 1. The molecule has 1 aliphatic rings. The first-order chi connectivity index (χ1) is 13.2. The van der Waals surface area contributed by atoms with E-state index in [4.69, 9.17) is 4.74 Å². The number of benzene rings is 2. The number of para-hydroxylation sites is 2. The summed E-state index contributed by atoms with van der Waals surface area (Å²) in [5.41, 5.74) is 0.232. The summed E-state index contributed by atoms with van der Waals surface area (Å²) in [4.78, 5) is 13.3. The Labute approximate surface area is 156 Å². The monoisotopic (exact) mass is 402 g/mol. The number of fused-ring (bicyclic) bond motifs is 1. The fourth-order valence-electron chi connectivity index (χ4n) is 3.02. The van der Waals surface area contributed by atoms with Crippen molar-refractivity contribution in [2.24, 2.45) is 0 Å². The van der Waals surface area contributed by atoms with Gasteiger partial charge in [-0.25, -0.2) is 0 Å². The first-order valence-electron chi connectivity index (χ1n) is 8.06. The minimum Gasteiger partial charge on any atom is -0.493 e. The molecule has 1 aliphatic heterocycles. The topological polar surface area (TPSA) is 50.8 Å². The molecule has 0 aromatic heterocycles. The zero-order valence-electron chi connectivity index (χ0n) is 14.5. The highest BCUT2D eigenvalue weighted by atomic mass is 19.4. The van der Waals surface area contributed by atoms with Gasteiger partial charge in [-0.2, -0.15) is 22.0 Å². The van der Waals surface area contributed by atoms with Crippen LogP contribution in [0.3, 0.4) is 0 Å². The van der Waals surface area contributed by atoms with Crippen molar-refractivity contribution in [3.05, 3.63) is 53.6 Å². The molecule has 1 atom stereocenters. The van der Waals surface area contributed by atoms with E-state index in [1.165, 1.54) is 43.5 Å². The number of methoxy groups -OCH3 is 1. The van der Waals surface area contributed by atoms with Crippen LogP contribution < -0.4 is 14.8 Å². The summed E-state index contributed by atoms with van der Waals surface area (Å²) in [6.07, 6.45) is -6.10. The van der Waals surface area contributed by atoms with Crippen LogP contribution in [0.25, 0.3) is 0 Å². The molecule has 5 nitrogen and oxygen atoms in total. The van der Waals surface area contributed by atoms with E-state index in [0.29, 0.717) is 4.90 Å². The van der Waals surface area contributed by atoms with Gasteiger partial charge in [0.05, 0.1) is 12.7 Å². The quantitative estimate of drug-likeness (QED) is 0.752. The zero-order valence-corrected chi connectivity index (χ0v) is 14.5. The van der Waals surface area contributed by atoms with Crippen molar-refractivity contribution in [3.63, 3.8) is 0 Å². The van der Waals surface area contributed by atoms with Crippen molar-refractivity contribution in [2.45, 2.75) is 19.0 Å². The Balaban J connectivity index is 2.14. The van der Waals surface area contributed by atoms with Gasteiger partial charge in [-0.3, -0.25) is 4.79 Å². The third kappa shape index (κ3) is 3.95. The Bertz CT molecular complexity index is 873. The lowest BCUT2D eigenvalue weighted by molar-refractivity contribution is -0.144. The first kappa shape index (κ1) is 19.7. The second-order valence-corrected chi connectivity index (χ2v) is 5.90. The molecule has 0 unspecified atom stereocenters. The van der Waals surface area contributed by atoms with E-state index in [1.54, 1.807) is 6.07 Å². The summed E-state index contributed by atoms with van der Waals surface area (Å²) in [5, 5.41) is 2.81. The van der Waals surface area contributed by atoms with Gasteiger partial charge >= 0.3 is 12.8 Å². The highest BCUT2D eigenvalue weighted by molar-refractivity contribution is 6.01. The van der Waals surface area contributed by atoms with E-state index < -0.39 is 37.2 Å². The summed E-state index contributed by atoms with van der Waals surface area (Å²) >= 11 is 0. The maximum Gasteiger partial charge on any atom is 0.406 e. The fraction of sp³-hybridized carbons (Fsp3) is 0.278. The van der Waals surface area contributed by atoms with Crippen molar-refractivity contribution >= 4 is 11.6 Å². The van der Waals surface area contributed by atoms with Crippen LogP contribution in [0, 0.1) is 0 Å². The van der Waals surface area contributed by atoms with E-state index in [2.05, 4.69) is 10.1 Å². The van der Waals surface area contributed by atoms with Crippen LogP contribution in [0.2, 0.25) is 0 Å². The molecule has 0 fully saturated rings. The molecule has 1 N–H and O–H groups in total. The van der Waals surface area contributed by atoms with Crippen molar-refractivity contribution in [3.8, 4) is 11.5 Å². The summed E-state index contributed by atoms with van der Waals surface area (Å²) in [6.45, 7) is -4.82. The summed E-state index contributed by atoms with van der Waals surface area (Å²) < 4.78 is 74.7. The van der Waals surface area contributed by atoms with Crippen LogP contribution in [0.4, 0.5) is 27.6 Å². The summed E-state index contributed by atoms with van der Waals surface area (Å²) in [7, 11) is 1.21. The Kier molecular flexibility index (Phi) is 5.30. The summed E-state index contributed by atoms with van der Waals surface area (Å²) in [5.74, 6) is -1.43. The largest absolute Gasteiger partial charge is 0.493 e. The number of anilines is 1. The molecule has 0 radical (unpaired) electrons. The lowest BCUT2D eigenvalue weighted by atomic mass is 10.0. The van der Waals surface area contributed by atoms with Crippen LogP contribution >= 0.6 is 0 Å². The number of nitrogens with one attached hydrogen (secondary N) is 1. The molecule has 1 amide bonds. The molecule has 1 heterocycles. The van der Waals surface area contributed by atoms with Crippen molar-refractivity contribution in [1.82, 2.24) is 4.90 Å². The van der Waals surface area contributed by atoms with Crippen molar-refractivity contribution < 1.29 is 36.2 Å². The normalized spacial score (nSPS) is 16.6. The van der Waals surface area contributed by atoms with Gasteiger partial charge in [-0.1, -0.05) is 24.3 Å².